The summed E-state index contributed by atoms with van der Waals surface area (Å²) in [5, 5.41) is 3.46. The standard InChI is InChI=1S/C17H19BrFNS/c1-17(2,3)20-11-12-7-8-16(15(18)9-12)21-14-6-4-5-13(19)10-14/h4-10,20H,11H2,1-3H3. The van der Waals surface area contributed by atoms with Crippen molar-refractivity contribution in [2.75, 3.05) is 0 Å². The molecule has 0 aliphatic heterocycles. The Morgan fingerprint density at radius 3 is 2.52 bits per heavy atom. The van der Waals surface area contributed by atoms with Crippen LogP contribution in [-0.4, -0.2) is 5.54 Å². The van der Waals surface area contributed by atoms with Crippen LogP contribution in [0.4, 0.5) is 4.39 Å². The summed E-state index contributed by atoms with van der Waals surface area (Å²) in [6.07, 6.45) is 0. The summed E-state index contributed by atoms with van der Waals surface area (Å²) in [6, 6.07) is 12.9. The van der Waals surface area contributed by atoms with Crippen LogP contribution >= 0.6 is 27.7 Å². The molecule has 1 nitrogen and oxygen atoms in total. The van der Waals surface area contributed by atoms with E-state index in [2.05, 4.69) is 60.2 Å². The van der Waals surface area contributed by atoms with Crippen LogP contribution in [-0.2, 0) is 6.54 Å². The Morgan fingerprint density at radius 2 is 1.90 bits per heavy atom. The third kappa shape index (κ3) is 5.46. The van der Waals surface area contributed by atoms with Crippen molar-refractivity contribution in [3.8, 4) is 0 Å². The molecule has 0 spiro atoms. The molecular weight excluding hydrogens is 349 g/mol. The summed E-state index contributed by atoms with van der Waals surface area (Å²) >= 11 is 5.15. The Hall–Kier alpha value is -0.840. The quantitative estimate of drug-likeness (QED) is 0.751. The van der Waals surface area contributed by atoms with Gasteiger partial charge in [-0.3, -0.25) is 0 Å². The van der Waals surface area contributed by atoms with Gasteiger partial charge in [0.2, 0.25) is 0 Å². The molecule has 0 bridgehead atoms. The van der Waals surface area contributed by atoms with Gasteiger partial charge in [-0.1, -0.05) is 23.9 Å². The third-order valence-corrected chi connectivity index (χ3v) is 4.83. The van der Waals surface area contributed by atoms with Crippen LogP contribution in [0.1, 0.15) is 26.3 Å². The van der Waals surface area contributed by atoms with Gasteiger partial charge in [0.1, 0.15) is 5.82 Å². The molecule has 112 valence electrons. The fourth-order valence-electron chi connectivity index (χ4n) is 1.76. The molecule has 21 heavy (non-hydrogen) atoms. The molecule has 2 aromatic rings. The van der Waals surface area contributed by atoms with Crippen LogP contribution in [0.5, 0.6) is 0 Å². The maximum Gasteiger partial charge on any atom is 0.124 e. The van der Waals surface area contributed by atoms with Crippen LogP contribution < -0.4 is 5.32 Å². The summed E-state index contributed by atoms with van der Waals surface area (Å²) in [6.45, 7) is 7.27. The Kier molecular flexibility index (Phi) is 5.47. The molecule has 0 fully saturated rings. The number of rotatable bonds is 4. The Labute approximate surface area is 138 Å². The van der Waals surface area contributed by atoms with E-state index in [4.69, 9.17) is 0 Å². The first-order valence-electron chi connectivity index (χ1n) is 6.80. The minimum Gasteiger partial charge on any atom is -0.308 e. The van der Waals surface area contributed by atoms with Gasteiger partial charge >= 0.3 is 0 Å². The second kappa shape index (κ2) is 6.95. The van der Waals surface area contributed by atoms with Gasteiger partial charge in [0.15, 0.2) is 0 Å². The third-order valence-electron chi connectivity index (χ3n) is 2.84. The molecule has 2 aromatic carbocycles. The molecule has 0 aliphatic carbocycles. The predicted octanol–water partition coefficient (Wildman–Crippen LogP) is 5.63. The summed E-state index contributed by atoms with van der Waals surface area (Å²) in [4.78, 5) is 1.98. The normalized spacial score (nSPS) is 11.7. The van der Waals surface area contributed by atoms with Crippen LogP contribution in [0, 0.1) is 5.82 Å². The maximum atomic E-state index is 13.2. The maximum absolute atomic E-state index is 13.2. The summed E-state index contributed by atoms with van der Waals surface area (Å²) in [5.41, 5.74) is 1.32. The largest absolute Gasteiger partial charge is 0.308 e. The van der Waals surface area contributed by atoms with E-state index in [0.717, 1.165) is 20.8 Å². The second-order valence-electron chi connectivity index (χ2n) is 5.93. The molecule has 0 heterocycles. The highest BCUT2D eigenvalue weighted by atomic mass is 79.9. The fraction of sp³-hybridized carbons (Fsp3) is 0.294. The van der Waals surface area contributed by atoms with E-state index < -0.39 is 0 Å². The van der Waals surface area contributed by atoms with E-state index in [1.165, 1.54) is 11.6 Å². The molecule has 1 N–H and O–H groups in total. The molecule has 0 radical (unpaired) electrons. The van der Waals surface area contributed by atoms with E-state index in [9.17, 15) is 4.39 Å². The van der Waals surface area contributed by atoms with Gasteiger partial charge in [0, 0.05) is 26.3 Å². The topological polar surface area (TPSA) is 12.0 Å². The van der Waals surface area contributed by atoms with Gasteiger partial charge in [-0.15, -0.1) is 0 Å². The number of nitrogens with one attached hydrogen (secondary N) is 1. The fourth-order valence-corrected chi connectivity index (χ4v) is 3.30. The van der Waals surface area contributed by atoms with Gasteiger partial charge in [0.05, 0.1) is 0 Å². The average Bonchev–Trinajstić information content (AvgIpc) is 2.38. The number of halogens is 2. The van der Waals surface area contributed by atoms with E-state index in [1.54, 1.807) is 23.9 Å². The zero-order valence-electron chi connectivity index (χ0n) is 12.4. The number of hydrogen-bond donors (Lipinski definition) is 1. The average molecular weight is 368 g/mol. The second-order valence-corrected chi connectivity index (χ2v) is 7.90. The molecule has 0 saturated heterocycles. The molecule has 0 aliphatic rings. The lowest BCUT2D eigenvalue weighted by Gasteiger charge is -2.20. The molecular formula is C17H19BrFNS. The monoisotopic (exact) mass is 367 g/mol. The lowest BCUT2D eigenvalue weighted by Crippen LogP contribution is -2.35. The van der Waals surface area contributed by atoms with Gasteiger partial charge in [-0.2, -0.15) is 0 Å². The first kappa shape index (κ1) is 16.5. The van der Waals surface area contributed by atoms with Crippen LogP contribution in [0.15, 0.2) is 56.7 Å². The summed E-state index contributed by atoms with van der Waals surface area (Å²) < 4.78 is 14.2. The Balaban J connectivity index is 2.09. The van der Waals surface area contributed by atoms with Crippen molar-refractivity contribution in [1.82, 2.24) is 5.32 Å². The smallest absolute Gasteiger partial charge is 0.124 e. The first-order chi connectivity index (χ1) is 9.83. The molecule has 0 unspecified atom stereocenters. The van der Waals surface area contributed by atoms with Crippen molar-refractivity contribution in [2.45, 2.75) is 42.6 Å². The van der Waals surface area contributed by atoms with Crippen molar-refractivity contribution < 1.29 is 4.39 Å². The van der Waals surface area contributed by atoms with Crippen molar-refractivity contribution in [2.24, 2.45) is 0 Å². The summed E-state index contributed by atoms with van der Waals surface area (Å²) in [5.74, 6) is -0.206. The zero-order chi connectivity index (χ0) is 15.5. The summed E-state index contributed by atoms with van der Waals surface area (Å²) in [7, 11) is 0. The van der Waals surface area contributed by atoms with E-state index in [-0.39, 0.29) is 11.4 Å². The molecule has 0 atom stereocenters. The highest BCUT2D eigenvalue weighted by Gasteiger charge is 2.09. The Morgan fingerprint density at radius 1 is 1.14 bits per heavy atom. The zero-order valence-corrected chi connectivity index (χ0v) is 14.8. The molecule has 4 heteroatoms. The van der Waals surface area contributed by atoms with E-state index >= 15 is 0 Å². The predicted molar refractivity (Wildman–Crippen MR) is 91.3 cm³/mol. The van der Waals surface area contributed by atoms with Crippen LogP contribution in [0.2, 0.25) is 0 Å². The van der Waals surface area contributed by atoms with Crippen molar-refractivity contribution in [3.05, 3.63) is 58.3 Å². The van der Waals surface area contributed by atoms with Gasteiger partial charge in [0.25, 0.3) is 0 Å². The van der Waals surface area contributed by atoms with Crippen LogP contribution in [0.3, 0.4) is 0 Å². The van der Waals surface area contributed by atoms with Crippen molar-refractivity contribution in [1.29, 1.82) is 0 Å². The lowest BCUT2D eigenvalue weighted by atomic mass is 10.1. The molecule has 0 aromatic heterocycles. The first-order valence-corrected chi connectivity index (χ1v) is 8.41. The van der Waals surface area contributed by atoms with Gasteiger partial charge < -0.3 is 5.32 Å². The molecule has 0 amide bonds. The molecule has 0 saturated carbocycles. The van der Waals surface area contributed by atoms with E-state index in [1.807, 2.05) is 6.07 Å². The SMILES string of the molecule is CC(C)(C)NCc1ccc(Sc2cccc(F)c2)c(Br)c1. The van der Waals surface area contributed by atoms with Crippen LogP contribution in [0.25, 0.3) is 0 Å². The minimum atomic E-state index is -0.206. The minimum absolute atomic E-state index is 0.0987. The van der Waals surface area contributed by atoms with Gasteiger partial charge in [-0.05, 0) is 72.6 Å². The highest BCUT2D eigenvalue weighted by Crippen LogP contribution is 2.34. The Bertz CT molecular complexity index is 622. The molecule has 2 rings (SSSR count). The van der Waals surface area contributed by atoms with Gasteiger partial charge in [-0.25, -0.2) is 4.39 Å². The number of benzene rings is 2. The van der Waals surface area contributed by atoms with Crippen molar-refractivity contribution >= 4 is 27.7 Å². The highest BCUT2D eigenvalue weighted by molar-refractivity contribution is 9.10. The van der Waals surface area contributed by atoms with E-state index in [0.29, 0.717) is 0 Å². The lowest BCUT2D eigenvalue weighted by molar-refractivity contribution is 0.424. The number of hydrogen-bond acceptors (Lipinski definition) is 2. The van der Waals surface area contributed by atoms with Crippen molar-refractivity contribution in [3.63, 3.8) is 0 Å².